The number of fused-ring (bicyclic) bond motifs is 3. The third-order valence-electron chi connectivity index (χ3n) is 5.83. The predicted octanol–water partition coefficient (Wildman–Crippen LogP) is 6.33. The van der Waals surface area contributed by atoms with Gasteiger partial charge in [-0.25, -0.2) is 0 Å². The van der Waals surface area contributed by atoms with Crippen LogP contribution in [0.1, 0.15) is 33.2 Å². The van der Waals surface area contributed by atoms with E-state index in [0.717, 1.165) is 23.2 Å². The first-order chi connectivity index (χ1) is 14.7. The molecule has 1 atom stereocenters. The summed E-state index contributed by atoms with van der Waals surface area (Å²) in [6.45, 7) is 0.647. The molecule has 5 heteroatoms. The van der Waals surface area contributed by atoms with Crippen molar-refractivity contribution in [2.75, 3.05) is 12.8 Å². The van der Waals surface area contributed by atoms with Gasteiger partial charge in [0.15, 0.2) is 0 Å². The fourth-order valence-electron chi connectivity index (χ4n) is 4.38. The molecule has 5 rings (SSSR count). The van der Waals surface area contributed by atoms with E-state index in [4.69, 9.17) is 11.6 Å². The zero-order chi connectivity index (χ0) is 20.7. The summed E-state index contributed by atoms with van der Waals surface area (Å²) >= 11 is 8.09. The Morgan fingerprint density at radius 2 is 1.77 bits per heavy atom. The Morgan fingerprint density at radius 1 is 1.03 bits per heavy atom. The standard InChI is InChI=1S/C25H21ClN2OS/c1-30-17-12-10-16(11-13-17)24-23-19(18-6-3-5-9-22(18)27-23)14-15-28(24)25(29)20-7-2-4-8-21(20)26/h2-13,24,27H,14-15H2,1H3. The monoisotopic (exact) mass is 432 g/mol. The van der Waals surface area contributed by atoms with E-state index < -0.39 is 0 Å². The molecule has 1 aromatic heterocycles. The lowest BCUT2D eigenvalue weighted by atomic mass is 9.91. The van der Waals surface area contributed by atoms with Crippen LogP contribution in [0.5, 0.6) is 0 Å². The van der Waals surface area contributed by atoms with Crippen LogP contribution in [-0.4, -0.2) is 28.6 Å². The number of aromatic nitrogens is 1. The smallest absolute Gasteiger partial charge is 0.256 e. The highest BCUT2D eigenvalue weighted by molar-refractivity contribution is 7.98. The summed E-state index contributed by atoms with van der Waals surface area (Å²) in [5, 5.41) is 1.73. The molecule has 3 nitrogen and oxygen atoms in total. The minimum Gasteiger partial charge on any atom is -0.356 e. The van der Waals surface area contributed by atoms with Gasteiger partial charge in [-0.1, -0.05) is 54.1 Å². The molecule has 1 aliphatic heterocycles. The van der Waals surface area contributed by atoms with Crippen molar-refractivity contribution >= 4 is 40.2 Å². The number of H-pyrrole nitrogens is 1. The van der Waals surface area contributed by atoms with Crippen molar-refractivity contribution in [2.24, 2.45) is 0 Å². The summed E-state index contributed by atoms with van der Waals surface area (Å²) in [4.78, 5) is 20.3. The number of nitrogens with one attached hydrogen (secondary N) is 1. The molecule has 3 aromatic carbocycles. The van der Waals surface area contributed by atoms with Crippen molar-refractivity contribution in [3.63, 3.8) is 0 Å². The lowest BCUT2D eigenvalue weighted by Gasteiger charge is -2.36. The summed E-state index contributed by atoms with van der Waals surface area (Å²) in [5.74, 6) is -0.0381. The Labute approximate surface area is 185 Å². The van der Waals surface area contributed by atoms with E-state index in [9.17, 15) is 4.79 Å². The van der Waals surface area contributed by atoms with E-state index in [2.05, 4.69) is 53.7 Å². The molecule has 1 unspecified atom stereocenters. The molecule has 0 saturated carbocycles. The number of thioether (sulfide) groups is 1. The summed E-state index contributed by atoms with van der Waals surface area (Å²) in [5.41, 5.74) is 5.15. The Morgan fingerprint density at radius 3 is 2.53 bits per heavy atom. The molecular weight excluding hydrogens is 412 g/mol. The van der Waals surface area contributed by atoms with Gasteiger partial charge in [0.1, 0.15) is 0 Å². The van der Waals surface area contributed by atoms with Crippen LogP contribution in [0.3, 0.4) is 0 Å². The average Bonchev–Trinajstić information content (AvgIpc) is 3.17. The van der Waals surface area contributed by atoms with Crippen molar-refractivity contribution in [1.82, 2.24) is 9.88 Å². The maximum absolute atomic E-state index is 13.6. The molecule has 0 bridgehead atoms. The first-order valence-corrected chi connectivity index (χ1v) is 11.6. The third kappa shape index (κ3) is 3.21. The molecular formula is C25H21ClN2OS. The summed E-state index contributed by atoms with van der Waals surface area (Å²) in [7, 11) is 0. The van der Waals surface area contributed by atoms with Crippen molar-refractivity contribution in [3.8, 4) is 0 Å². The van der Waals surface area contributed by atoms with E-state index >= 15 is 0 Å². The molecule has 0 spiro atoms. The number of rotatable bonds is 3. The quantitative estimate of drug-likeness (QED) is 0.384. The number of amides is 1. The molecule has 0 radical (unpaired) electrons. The number of nitrogens with zero attached hydrogens (tertiary/aromatic N) is 1. The Bertz CT molecular complexity index is 1230. The molecule has 1 amide bonds. The second-order valence-corrected chi connectivity index (χ2v) is 8.75. The van der Waals surface area contributed by atoms with Gasteiger partial charge in [0.2, 0.25) is 0 Å². The minimum atomic E-state index is -0.180. The van der Waals surface area contributed by atoms with Crippen LogP contribution in [0.25, 0.3) is 10.9 Å². The second-order valence-electron chi connectivity index (χ2n) is 7.47. The lowest BCUT2D eigenvalue weighted by Crippen LogP contribution is -2.40. The molecule has 1 N–H and O–H groups in total. The SMILES string of the molecule is CSc1ccc(C2c3[nH]c4ccccc4c3CCN2C(=O)c2ccccc2Cl)cc1. The van der Waals surface area contributed by atoms with Gasteiger partial charge in [-0.2, -0.15) is 0 Å². The van der Waals surface area contributed by atoms with Crippen molar-refractivity contribution in [2.45, 2.75) is 17.4 Å². The van der Waals surface area contributed by atoms with E-state index in [1.807, 2.05) is 23.1 Å². The second kappa shape index (κ2) is 7.86. The molecule has 2 heterocycles. The van der Waals surface area contributed by atoms with Gasteiger partial charge >= 0.3 is 0 Å². The van der Waals surface area contributed by atoms with Gasteiger partial charge in [-0.05, 0) is 54.1 Å². The topological polar surface area (TPSA) is 36.1 Å². The summed E-state index contributed by atoms with van der Waals surface area (Å²) < 4.78 is 0. The molecule has 30 heavy (non-hydrogen) atoms. The highest BCUT2D eigenvalue weighted by Crippen LogP contribution is 2.39. The van der Waals surface area contributed by atoms with Gasteiger partial charge in [-0.3, -0.25) is 4.79 Å². The van der Waals surface area contributed by atoms with Crippen LogP contribution in [0.2, 0.25) is 5.02 Å². The van der Waals surface area contributed by atoms with Crippen LogP contribution >= 0.6 is 23.4 Å². The number of carbonyl (C=O) groups excluding carboxylic acids is 1. The summed E-state index contributed by atoms with van der Waals surface area (Å²) in [6.07, 6.45) is 2.88. The maximum atomic E-state index is 13.6. The lowest BCUT2D eigenvalue weighted by molar-refractivity contribution is 0.0692. The van der Waals surface area contributed by atoms with Crippen molar-refractivity contribution in [1.29, 1.82) is 0 Å². The molecule has 150 valence electrons. The first kappa shape index (κ1) is 19.3. The molecule has 4 aromatic rings. The maximum Gasteiger partial charge on any atom is 0.256 e. The number of aromatic amines is 1. The number of benzene rings is 3. The fourth-order valence-corrected chi connectivity index (χ4v) is 5.01. The van der Waals surface area contributed by atoms with Crippen LogP contribution in [-0.2, 0) is 6.42 Å². The Balaban J connectivity index is 1.66. The van der Waals surface area contributed by atoms with Gasteiger partial charge in [0, 0.05) is 28.0 Å². The predicted molar refractivity (Wildman–Crippen MR) is 125 cm³/mol. The van der Waals surface area contributed by atoms with E-state index in [-0.39, 0.29) is 11.9 Å². The average molecular weight is 433 g/mol. The molecule has 0 fully saturated rings. The van der Waals surface area contributed by atoms with E-state index in [1.165, 1.54) is 15.8 Å². The van der Waals surface area contributed by atoms with E-state index in [0.29, 0.717) is 17.1 Å². The number of hydrogen-bond donors (Lipinski definition) is 1. The third-order valence-corrected chi connectivity index (χ3v) is 6.90. The van der Waals surface area contributed by atoms with Crippen LogP contribution in [0, 0.1) is 0 Å². The highest BCUT2D eigenvalue weighted by Gasteiger charge is 2.35. The summed E-state index contributed by atoms with van der Waals surface area (Å²) in [6, 6.07) is 24.0. The van der Waals surface area contributed by atoms with Crippen LogP contribution in [0.15, 0.2) is 77.7 Å². The zero-order valence-corrected chi connectivity index (χ0v) is 18.1. The van der Waals surface area contributed by atoms with Gasteiger partial charge < -0.3 is 9.88 Å². The largest absolute Gasteiger partial charge is 0.356 e. The Hall–Kier alpha value is -2.69. The number of carbonyl (C=O) groups is 1. The van der Waals surface area contributed by atoms with Gasteiger partial charge in [-0.15, -0.1) is 11.8 Å². The molecule has 0 aliphatic carbocycles. The number of hydrogen-bond acceptors (Lipinski definition) is 2. The van der Waals surface area contributed by atoms with Crippen LogP contribution < -0.4 is 0 Å². The van der Waals surface area contributed by atoms with E-state index in [1.54, 1.807) is 23.9 Å². The van der Waals surface area contributed by atoms with Crippen LogP contribution in [0.4, 0.5) is 0 Å². The number of halogens is 1. The van der Waals surface area contributed by atoms with Crippen molar-refractivity contribution < 1.29 is 4.79 Å². The normalized spacial score (nSPS) is 15.9. The zero-order valence-electron chi connectivity index (χ0n) is 16.6. The molecule has 1 aliphatic rings. The van der Waals surface area contributed by atoms with Gasteiger partial charge in [0.05, 0.1) is 16.6 Å². The first-order valence-electron chi connectivity index (χ1n) is 9.96. The van der Waals surface area contributed by atoms with Gasteiger partial charge in [0.25, 0.3) is 5.91 Å². The fraction of sp³-hybridized carbons (Fsp3) is 0.160. The van der Waals surface area contributed by atoms with Crippen molar-refractivity contribution in [3.05, 3.63) is 100 Å². The minimum absolute atomic E-state index is 0.0381. The number of para-hydroxylation sites is 1. The highest BCUT2D eigenvalue weighted by atomic mass is 35.5. The Kier molecular flexibility index (Phi) is 5.05. The molecule has 0 saturated heterocycles.